The van der Waals surface area contributed by atoms with Crippen LogP contribution in [0.1, 0.15) is 45.1 Å². The molecule has 19 heavy (non-hydrogen) atoms. The lowest BCUT2D eigenvalue weighted by atomic mass is 9.98. The molecule has 0 heterocycles. The highest BCUT2D eigenvalue weighted by atomic mass is 79.9. The zero-order chi connectivity index (χ0) is 14.4. The summed E-state index contributed by atoms with van der Waals surface area (Å²) in [6.07, 6.45) is 4.00. The number of halogens is 2. The van der Waals surface area contributed by atoms with Crippen molar-refractivity contribution in [1.29, 1.82) is 0 Å². The second-order valence-corrected chi connectivity index (χ2v) is 6.08. The van der Waals surface area contributed by atoms with Crippen molar-refractivity contribution in [2.24, 2.45) is 5.92 Å². The van der Waals surface area contributed by atoms with Gasteiger partial charge in [-0.2, -0.15) is 0 Å². The molecule has 0 aliphatic rings. The van der Waals surface area contributed by atoms with Crippen molar-refractivity contribution >= 4 is 39.1 Å². The number of hydrogen-bond donors (Lipinski definition) is 1. The molecular weight excluding hydrogens is 326 g/mol. The van der Waals surface area contributed by atoms with E-state index in [0.29, 0.717) is 5.02 Å². The van der Waals surface area contributed by atoms with E-state index in [4.69, 9.17) is 11.6 Å². The molecule has 0 saturated heterocycles. The molecule has 1 N–H and O–H groups in total. The third-order valence-corrected chi connectivity index (χ3v) is 4.34. The van der Waals surface area contributed by atoms with Gasteiger partial charge in [-0.15, -0.1) is 0 Å². The molecule has 0 saturated carbocycles. The van der Waals surface area contributed by atoms with Gasteiger partial charge in [0.1, 0.15) is 0 Å². The van der Waals surface area contributed by atoms with Crippen LogP contribution in [0.25, 0.3) is 0 Å². The van der Waals surface area contributed by atoms with E-state index in [0.717, 1.165) is 41.4 Å². The minimum Gasteiger partial charge on any atom is -0.325 e. The fourth-order valence-electron chi connectivity index (χ4n) is 1.95. The molecule has 0 radical (unpaired) electrons. The number of anilines is 1. The molecule has 1 aromatic rings. The van der Waals surface area contributed by atoms with E-state index in [1.807, 2.05) is 13.0 Å². The van der Waals surface area contributed by atoms with Crippen LogP contribution >= 0.6 is 27.5 Å². The van der Waals surface area contributed by atoms with Gasteiger partial charge >= 0.3 is 0 Å². The van der Waals surface area contributed by atoms with Gasteiger partial charge in [-0.25, -0.2) is 0 Å². The summed E-state index contributed by atoms with van der Waals surface area (Å²) < 4.78 is 0.869. The second-order valence-electron chi connectivity index (χ2n) is 4.82. The first kappa shape index (κ1) is 16.5. The summed E-state index contributed by atoms with van der Waals surface area (Å²) >= 11 is 9.55. The van der Waals surface area contributed by atoms with Gasteiger partial charge in [0.2, 0.25) is 5.91 Å². The summed E-state index contributed by atoms with van der Waals surface area (Å²) in [5.41, 5.74) is 1.74. The van der Waals surface area contributed by atoms with Crippen LogP contribution in [0.4, 0.5) is 5.69 Å². The molecule has 0 aliphatic carbocycles. The predicted molar refractivity (Wildman–Crippen MR) is 85.8 cm³/mol. The lowest BCUT2D eigenvalue weighted by Crippen LogP contribution is -2.22. The first-order valence-electron chi connectivity index (χ1n) is 6.76. The summed E-state index contributed by atoms with van der Waals surface area (Å²) in [6, 6.07) is 3.72. The van der Waals surface area contributed by atoms with E-state index >= 15 is 0 Å². The van der Waals surface area contributed by atoms with Gasteiger partial charge in [-0.3, -0.25) is 4.79 Å². The van der Waals surface area contributed by atoms with Crippen LogP contribution in [0.15, 0.2) is 16.6 Å². The number of amides is 1. The molecule has 1 amide bonds. The molecule has 0 spiro atoms. The Bertz CT molecular complexity index is 448. The minimum atomic E-state index is 0.0759. The van der Waals surface area contributed by atoms with Gasteiger partial charge in [0.15, 0.2) is 0 Å². The Morgan fingerprint density at radius 1 is 1.42 bits per heavy atom. The Labute approximate surface area is 129 Å². The van der Waals surface area contributed by atoms with Crippen molar-refractivity contribution < 1.29 is 4.79 Å². The second kappa shape index (κ2) is 7.91. The van der Waals surface area contributed by atoms with Crippen LogP contribution in [0.3, 0.4) is 0 Å². The van der Waals surface area contributed by atoms with E-state index in [-0.39, 0.29) is 11.8 Å². The van der Waals surface area contributed by atoms with E-state index < -0.39 is 0 Å². The maximum absolute atomic E-state index is 12.2. The SMILES string of the molecule is CCCCC(CC)C(=O)Nc1cc(Cl)c(C)cc1Br. The van der Waals surface area contributed by atoms with Crippen molar-refractivity contribution in [3.63, 3.8) is 0 Å². The minimum absolute atomic E-state index is 0.0759. The van der Waals surface area contributed by atoms with Crippen LogP contribution < -0.4 is 5.32 Å². The van der Waals surface area contributed by atoms with Crippen molar-refractivity contribution in [1.82, 2.24) is 0 Å². The number of unbranched alkanes of at least 4 members (excludes halogenated alkanes) is 1. The highest BCUT2D eigenvalue weighted by molar-refractivity contribution is 9.10. The summed E-state index contributed by atoms with van der Waals surface area (Å²) in [6.45, 7) is 6.13. The average molecular weight is 347 g/mol. The predicted octanol–water partition coefficient (Wildman–Crippen LogP) is 5.57. The molecule has 1 rings (SSSR count). The van der Waals surface area contributed by atoms with Gasteiger partial charge in [0, 0.05) is 15.4 Å². The number of hydrogen-bond acceptors (Lipinski definition) is 1. The van der Waals surface area contributed by atoms with Gasteiger partial charge in [0.05, 0.1) is 5.69 Å². The third kappa shape index (κ3) is 4.81. The first-order valence-corrected chi connectivity index (χ1v) is 7.93. The molecule has 0 bridgehead atoms. The van der Waals surface area contributed by atoms with E-state index in [9.17, 15) is 4.79 Å². The Morgan fingerprint density at radius 3 is 2.68 bits per heavy atom. The largest absolute Gasteiger partial charge is 0.325 e. The molecule has 0 aliphatic heterocycles. The van der Waals surface area contributed by atoms with Crippen molar-refractivity contribution in [3.05, 3.63) is 27.2 Å². The Kier molecular flexibility index (Phi) is 6.87. The number of carbonyl (C=O) groups is 1. The number of rotatable bonds is 6. The topological polar surface area (TPSA) is 29.1 Å². The van der Waals surface area contributed by atoms with Gasteiger partial charge in [-0.1, -0.05) is 38.3 Å². The first-order chi connectivity index (χ1) is 8.99. The number of nitrogens with one attached hydrogen (secondary N) is 1. The normalized spacial score (nSPS) is 12.3. The third-order valence-electron chi connectivity index (χ3n) is 3.28. The number of aryl methyl sites for hydroxylation is 1. The van der Waals surface area contributed by atoms with Gasteiger partial charge in [0.25, 0.3) is 0 Å². The van der Waals surface area contributed by atoms with Crippen molar-refractivity contribution in [2.75, 3.05) is 5.32 Å². The van der Waals surface area contributed by atoms with Gasteiger partial charge in [-0.05, 0) is 53.4 Å². The molecule has 2 nitrogen and oxygen atoms in total. The van der Waals surface area contributed by atoms with Crippen LogP contribution in [0, 0.1) is 12.8 Å². The molecule has 0 fully saturated rings. The smallest absolute Gasteiger partial charge is 0.227 e. The summed E-state index contributed by atoms with van der Waals surface area (Å²) in [4.78, 5) is 12.2. The lowest BCUT2D eigenvalue weighted by Gasteiger charge is -2.16. The van der Waals surface area contributed by atoms with Crippen LogP contribution in [0.5, 0.6) is 0 Å². The van der Waals surface area contributed by atoms with Crippen molar-refractivity contribution in [3.8, 4) is 0 Å². The molecular formula is C15H21BrClNO. The quantitative estimate of drug-likeness (QED) is 0.717. The Hall–Kier alpha value is -0.540. The fourth-order valence-corrected chi connectivity index (χ4v) is 2.67. The summed E-state index contributed by atoms with van der Waals surface area (Å²) in [5, 5.41) is 3.63. The Morgan fingerprint density at radius 2 is 2.11 bits per heavy atom. The van der Waals surface area contributed by atoms with E-state index in [2.05, 4.69) is 35.1 Å². The monoisotopic (exact) mass is 345 g/mol. The lowest BCUT2D eigenvalue weighted by molar-refractivity contribution is -0.120. The zero-order valence-corrected chi connectivity index (χ0v) is 14.1. The summed E-state index contributed by atoms with van der Waals surface area (Å²) in [5.74, 6) is 0.156. The number of benzene rings is 1. The maximum Gasteiger partial charge on any atom is 0.227 e. The fraction of sp³-hybridized carbons (Fsp3) is 0.533. The molecule has 0 aromatic heterocycles. The highest BCUT2D eigenvalue weighted by Crippen LogP contribution is 2.30. The van der Waals surface area contributed by atoms with Crippen molar-refractivity contribution in [2.45, 2.75) is 46.5 Å². The van der Waals surface area contributed by atoms with Gasteiger partial charge < -0.3 is 5.32 Å². The molecule has 4 heteroatoms. The van der Waals surface area contributed by atoms with E-state index in [1.54, 1.807) is 6.07 Å². The number of carbonyl (C=O) groups excluding carboxylic acids is 1. The highest BCUT2D eigenvalue weighted by Gasteiger charge is 2.17. The van der Waals surface area contributed by atoms with Crippen LogP contribution in [0.2, 0.25) is 5.02 Å². The average Bonchev–Trinajstić information content (AvgIpc) is 2.37. The molecule has 1 unspecified atom stereocenters. The Balaban J connectivity index is 2.78. The summed E-state index contributed by atoms with van der Waals surface area (Å²) in [7, 11) is 0. The van der Waals surface area contributed by atoms with E-state index in [1.165, 1.54) is 0 Å². The molecule has 1 atom stereocenters. The van der Waals surface area contributed by atoms with Crippen LogP contribution in [-0.4, -0.2) is 5.91 Å². The standard InChI is InChI=1S/C15H21BrClNO/c1-4-6-7-11(5-2)15(19)18-14-9-13(17)10(3)8-12(14)16/h8-9,11H,4-7H2,1-3H3,(H,18,19). The van der Waals surface area contributed by atoms with Crippen LogP contribution in [-0.2, 0) is 4.79 Å². The zero-order valence-electron chi connectivity index (χ0n) is 11.7. The molecule has 1 aromatic carbocycles. The maximum atomic E-state index is 12.2. The molecule has 106 valence electrons.